The predicted octanol–water partition coefficient (Wildman–Crippen LogP) is 7.45. The second-order valence-corrected chi connectivity index (χ2v) is 8.37. The lowest BCUT2D eigenvalue weighted by Gasteiger charge is -2.38. The van der Waals surface area contributed by atoms with Crippen LogP contribution in [0.1, 0.15) is 82.6 Å². The van der Waals surface area contributed by atoms with Crippen LogP contribution >= 0.6 is 0 Å². The molecule has 0 N–H and O–H groups in total. The molecule has 2 aliphatic carbocycles. The molecule has 2 aliphatic rings. The van der Waals surface area contributed by atoms with Crippen LogP contribution in [-0.4, -0.2) is 6.61 Å². The highest BCUT2D eigenvalue weighted by Gasteiger charge is 2.31. The summed E-state index contributed by atoms with van der Waals surface area (Å²) in [6.07, 6.45) is 11.9. The molecule has 0 aliphatic heterocycles. The fraction of sp³-hybridized carbons (Fsp3) is 0.727. The number of rotatable bonds is 6. The number of alkyl halides is 2. The van der Waals surface area contributed by atoms with Gasteiger partial charge in [0.25, 0.3) is 0 Å². The smallest absolute Gasteiger partial charge is 0.387 e. The van der Waals surface area contributed by atoms with Crippen molar-refractivity contribution >= 4 is 0 Å². The zero-order valence-electron chi connectivity index (χ0n) is 16.0. The number of halogens is 4. The van der Waals surface area contributed by atoms with Crippen LogP contribution in [0, 0.1) is 29.4 Å². The number of hydrogen-bond acceptors (Lipinski definition) is 1. The molecule has 0 radical (unpaired) electrons. The number of ether oxygens (including phenoxy) is 1. The van der Waals surface area contributed by atoms with Crippen molar-refractivity contribution in [1.29, 1.82) is 0 Å². The van der Waals surface area contributed by atoms with Gasteiger partial charge in [0, 0.05) is 0 Å². The predicted molar refractivity (Wildman–Crippen MR) is 98.0 cm³/mol. The highest BCUT2D eigenvalue weighted by Crippen LogP contribution is 2.45. The molecule has 1 aromatic carbocycles. The van der Waals surface area contributed by atoms with E-state index in [1.54, 1.807) is 0 Å². The van der Waals surface area contributed by atoms with E-state index in [0.29, 0.717) is 11.5 Å². The molecule has 2 fully saturated rings. The van der Waals surface area contributed by atoms with E-state index < -0.39 is 24.0 Å². The molecule has 0 amide bonds. The van der Waals surface area contributed by atoms with Gasteiger partial charge >= 0.3 is 6.61 Å². The second kappa shape index (κ2) is 9.29. The van der Waals surface area contributed by atoms with Crippen LogP contribution in [0.15, 0.2) is 12.1 Å². The van der Waals surface area contributed by atoms with Gasteiger partial charge in [-0.3, -0.25) is 0 Å². The van der Waals surface area contributed by atoms with E-state index in [4.69, 9.17) is 0 Å². The first-order valence-electron chi connectivity index (χ1n) is 10.4. The Labute approximate surface area is 159 Å². The second-order valence-electron chi connectivity index (χ2n) is 8.37. The Balaban J connectivity index is 1.57. The van der Waals surface area contributed by atoms with Crippen molar-refractivity contribution in [3.8, 4) is 5.75 Å². The lowest BCUT2D eigenvalue weighted by molar-refractivity contribution is -0.0525. The van der Waals surface area contributed by atoms with Gasteiger partial charge in [0.15, 0.2) is 11.6 Å². The Bertz CT molecular complexity index is 603. The van der Waals surface area contributed by atoms with Gasteiger partial charge in [0.05, 0.1) is 0 Å². The first kappa shape index (κ1) is 20.5. The molecule has 0 atom stereocenters. The Morgan fingerprint density at radius 1 is 0.926 bits per heavy atom. The van der Waals surface area contributed by atoms with Crippen LogP contribution in [0.3, 0.4) is 0 Å². The summed E-state index contributed by atoms with van der Waals surface area (Å²) in [6.45, 7) is -0.906. The van der Waals surface area contributed by atoms with E-state index >= 15 is 0 Å². The van der Waals surface area contributed by atoms with Gasteiger partial charge in [-0.25, -0.2) is 4.39 Å². The van der Waals surface area contributed by atoms with E-state index in [2.05, 4.69) is 11.7 Å². The lowest BCUT2D eigenvalue weighted by Crippen LogP contribution is -2.25. The summed E-state index contributed by atoms with van der Waals surface area (Å²) >= 11 is 0. The minimum Gasteiger partial charge on any atom is -0.432 e. The summed E-state index contributed by atoms with van der Waals surface area (Å²) < 4.78 is 56.5. The summed E-state index contributed by atoms with van der Waals surface area (Å²) in [4.78, 5) is 0. The fourth-order valence-electron chi connectivity index (χ4n) is 5.28. The van der Waals surface area contributed by atoms with Crippen LogP contribution < -0.4 is 4.74 Å². The third-order valence-corrected chi connectivity index (χ3v) is 6.73. The Hall–Kier alpha value is -1.26. The third kappa shape index (κ3) is 5.17. The van der Waals surface area contributed by atoms with Gasteiger partial charge in [-0.2, -0.15) is 13.2 Å². The van der Waals surface area contributed by atoms with Gasteiger partial charge in [-0.15, -0.1) is 0 Å². The average Bonchev–Trinajstić information content (AvgIpc) is 2.66. The third-order valence-electron chi connectivity index (χ3n) is 6.73. The summed E-state index contributed by atoms with van der Waals surface area (Å²) in [5, 5.41) is 0. The molecular formula is C22H30F4O. The largest absolute Gasteiger partial charge is 0.432 e. The molecule has 5 heteroatoms. The monoisotopic (exact) mass is 386 g/mol. The highest BCUT2D eigenvalue weighted by atomic mass is 19.3. The van der Waals surface area contributed by atoms with Gasteiger partial charge < -0.3 is 4.74 Å². The van der Waals surface area contributed by atoms with Gasteiger partial charge in [-0.05, 0) is 79.9 Å². The van der Waals surface area contributed by atoms with Crippen molar-refractivity contribution in [2.75, 3.05) is 0 Å². The quantitative estimate of drug-likeness (QED) is 0.461. The molecule has 0 saturated heterocycles. The molecule has 0 unspecified atom stereocenters. The lowest BCUT2D eigenvalue weighted by atomic mass is 9.68. The minimum atomic E-state index is -3.16. The van der Waals surface area contributed by atoms with Crippen molar-refractivity contribution in [3.05, 3.63) is 29.3 Å². The van der Waals surface area contributed by atoms with Crippen molar-refractivity contribution in [2.45, 2.75) is 83.7 Å². The Morgan fingerprint density at radius 3 is 2.07 bits per heavy atom. The van der Waals surface area contributed by atoms with Crippen LogP contribution in [0.25, 0.3) is 0 Å². The maximum absolute atomic E-state index is 13.8. The zero-order valence-corrected chi connectivity index (χ0v) is 16.0. The first-order valence-corrected chi connectivity index (χ1v) is 10.4. The van der Waals surface area contributed by atoms with Crippen molar-refractivity contribution < 1.29 is 22.3 Å². The molecule has 27 heavy (non-hydrogen) atoms. The maximum atomic E-state index is 13.8. The summed E-state index contributed by atoms with van der Waals surface area (Å²) in [5.41, 5.74) is 0.578. The summed E-state index contributed by atoms with van der Waals surface area (Å²) in [7, 11) is 0. The average molecular weight is 386 g/mol. The van der Waals surface area contributed by atoms with E-state index in [1.807, 2.05) is 0 Å². The highest BCUT2D eigenvalue weighted by molar-refractivity contribution is 5.34. The fourth-order valence-corrected chi connectivity index (χ4v) is 5.28. The molecule has 0 heterocycles. The molecule has 0 bridgehead atoms. The van der Waals surface area contributed by atoms with Crippen molar-refractivity contribution in [2.24, 2.45) is 17.8 Å². The minimum absolute atomic E-state index is 0.0906. The molecule has 3 rings (SSSR count). The molecule has 1 aromatic rings. The number of hydrogen-bond donors (Lipinski definition) is 0. The maximum Gasteiger partial charge on any atom is 0.387 e. The summed E-state index contributed by atoms with van der Waals surface area (Å²) in [6, 6.07) is 2.40. The molecule has 1 nitrogen and oxygen atoms in total. The van der Waals surface area contributed by atoms with Crippen LogP contribution in [0.2, 0.25) is 0 Å². The van der Waals surface area contributed by atoms with Gasteiger partial charge in [0.2, 0.25) is 5.82 Å². The first-order chi connectivity index (χ1) is 13.0. The van der Waals surface area contributed by atoms with E-state index in [1.165, 1.54) is 44.6 Å². The normalized spacial score (nSPS) is 29.1. The van der Waals surface area contributed by atoms with Crippen molar-refractivity contribution in [1.82, 2.24) is 0 Å². The molecule has 0 aromatic heterocycles. The van der Waals surface area contributed by atoms with E-state index in [-0.39, 0.29) is 5.92 Å². The number of benzene rings is 1. The van der Waals surface area contributed by atoms with Crippen LogP contribution in [0.4, 0.5) is 17.6 Å². The Kier molecular flexibility index (Phi) is 7.04. The Morgan fingerprint density at radius 2 is 1.52 bits per heavy atom. The molecule has 152 valence electrons. The van der Waals surface area contributed by atoms with Gasteiger partial charge in [-0.1, -0.05) is 32.6 Å². The molecule has 2 saturated carbocycles. The molecule has 0 spiro atoms. The van der Waals surface area contributed by atoms with Crippen molar-refractivity contribution in [3.63, 3.8) is 0 Å². The molecular weight excluding hydrogens is 356 g/mol. The van der Waals surface area contributed by atoms with Crippen LogP contribution in [0.5, 0.6) is 5.75 Å². The zero-order chi connectivity index (χ0) is 19.4. The SMILES string of the molecule is CCCC1CCC(C2CCC(c3cc(F)c(F)c(OC(F)F)c3)CC2)CC1. The van der Waals surface area contributed by atoms with Crippen LogP contribution in [-0.2, 0) is 0 Å². The standard InChI is InChI=1S/C22H30F4O/c1-2-3-14-4-6-15(7-5-14)16-8-10-17(11-9-16)18-12-19(23)21(24)20(13-18)27-22(25)26/h12-17,22H,2-11H2,1H3. The van der Waals surface area contributed by atoms with E-state index in [9.17, 15) is 17.6 Å². The summed E-state index contributed by atoms with van der Waals surface area (Å²) in [5.74, 6) is -0.633. The topological polar surface area (TPSA) is 9.23 Å². The van der Waals surface area contributed by atoms with E-state index in [0.717, 1.165) is 43.6 Å². The van der Waals surface area contributed by atoms with Gasteiger partial charge in [0.1, 0.15) is 0 Å².